The van der Waals surface area contributed by atoms with E-state index in [4.69, 9.17) is 18.9 Å². The average molecular weight is 527 g/mol. The number of aliphatic imine (C=N–C) groups is 1. The topological polar surface area (TPSA) is 127 Å². The van der Waals surface area contributed by atoms with Gasteiger partial charge in [0, 0.05) is 35.9 Å². The van der Waals surface area contributed by atoms with Crippen molar-refractivity contribution in [3.05, 3.63) is 86.8 Å². The van der Waals surface area contributed by atoms with Gasteiger partial charge in [-0.15, -0.1) is 0 Å². The summed E-state index contributed by atoms with van der Waals surface area (Å²) in [5.41, 5.74) is 1.97. The van der Waals surface area contributed by atoms with Crippen molar-refractivity contribution in [1.29, 1.82) is 0 Å². The summed E-state index contributed by atoms with van der Waals surface area (Å²) in [6, 6.07) is 14.0. The molecule has 3 rings (SSSR count). The van der Waals surface area contributed by atoms with Crippen LogP contribution in [0.4, 0.5) is 11.4 Å². The van der Waals surface area contributed by atoms with Gasteiger partial charge in [-0.2, -0.15) is 0 Å². The Hall–Kier alpha value is -4.38. The Morgan fingerprint density at radius 2 is 1.49 bits per heavy atom. The number of sulfone groups is 1. The number of hydrogen-bond donors (Lipinski definition) is 0. The lowest BCUT2D eigenvalue weighted by molar-refractivity contribution is -0.384. The second kappa shape index (κ2) is 12.0. The number of non-ortho nitro benzene ring substituents is 1. The van der Waals surface area contributed by atoms with Gasteiger partial charge in [-0.05, 0) is 41.5 Å². The summed E-state index contributed by atoms with van der Waals surface area (Å²) in [5, 5.41) is 11.9. The minimum Gasteiger partial charge on any atom is -0.496 e. The van der Waals surface area contributed by atoms with Gasteiger partial charge in [-0.25, -0.2) is 8.42 Å². The third kappa shape index (κ3) is 7.07. The van der Waals surface area contributed by atoms with Gasteiger partial charge in [0.2, 0.25) is 0 Å². The standard InChI is InChI=1S/C26H26N2O8S/c1-33-21-14-25(35-3)22(26(15-21)36-4)11-12-37(31,32)17-19-7-10-24(34-2)23(13-19)27-16-18-5-8-20(9-6-18)28(29)30/h5-16H,17H2,1-4H3/b12-11+,27-16-. The molecule has 0 aliphatic heterocycles. The van der Waals surface area contributed by atoms with Crippen LogP contribution < -0.4 is 18.9 Å². The fourth-order valence-electron chi connectivity index (χ4n) is 3.40. The van der Waals surface area contributed by atoms with E-state index in [0.717, 1.165) is 5.41 Å². The molecule has 37 heavy (non-hydrogen) atoms. The molecule has 0 heterocycles. The van der Waals surface area contributed by atoms with Crippen molar-refractivity contribution in [2.75, 3.05) is 28.4 Å². The predicted molar refractivity (Wildman–Crippen MR) is 141 cm³/mol. The quantitative estimate of drug-likeness (QED) is 0.195. The normalized spacial score (nSPS) is 11.6. The van der Waals surface area contributed by atoms with Crippen LogP contribution in [0.2, 0.25) is 0 Å². The maximum absolute atomic E-state index is 12.9. The Morgan fingerprint density at radius 1 is 0.865 bits per heavy atom. The molecule has 0 amide bonds. The molecule has 10 nitrogen and oxygen atoms in total. The number of nitrogens with zero attached hydrogens (tertiary/aromatic N) is 2. The summed E-state index contributed by atoms with van der Waals surface area (Å²) in [7, 11) is 2.23. The zero-order chi connectivity index (χ0) is 27.0. The zero-order valence-electron chi connectivity index (χ0n) is 20.7. The summed E-state index contributed by atoms with van der Waals surface area (Å²) in [5.74, 6) is 1.47. The minimum absolute atomic E-state index is 0.0279. The maximum Gasteiger partial charge on any atom is 0.269 e. The van der Waals surface area contributed by atoms with Crippen LogP contribution in [0.5, 0.6) is 23.0 Å². The van der Waals surface area contributed by atoms with E-state index in [2.05, 4.69) is 4.99 Å². The Balaban J connectivity index is 1.85. The van der Waals surface area contributed by atoms with E-state index in [-0.39, 0.29) is 11.4 Å². The van der Waals surface area contributed by atoms with E-state index < -0.39 is 14.8 Å². The molecule has 3 aromatic rings. The van der Waals surface area contributed by atoms with Crippen LogP contribution in [0, 0.1) is 10.1 Å². The lowest BCUT2D eigenvalue weighted by Gasteiger charge is -2.12. The summed E-state index contributed by atoms with van der Waals surface area (Å²) < 4.78 is 47.1. The molecule has 0 N–H and O–H groups in total. The second-order valence-corrected chi connectivity index (χ2v) is 9.56. The summed E-state index contributed by atoms with van der Waals surface area (Å²) in [6.45, 7) is 0. The molecule has 0 saturated carbocycles. The van der Waals surface area contributed by atoms with Crippen molar-refractivity contribution in [2.24, 2.45) is 4.99 Å². The monoisotopic (exact) mass is 526 g/mol. The molecular formula is C26H26N2O8S. The average Bonchev–Trinajstić information content (AvgIpc) is 2.90. The highest BCUT2D eigenvalue weighted by molar-refractivity contribution is 7.93. The van der Waals surface area contributed by atoms with Gasteiger partial charge in [0.15, 0.2) is 9.84 Å². The molecule has 0 aliphatic rings. The second-order valence-electron chi connectivity index (χ2n) is 7.67. The van der Waals surface area contributed by atoms with Crippen LogP contribution in [0.1, 0.15) is 16.7 Å². The smallest absolute Gasteiger partial charge is 0.269 e. The molecular weight excluding hydrogens is 500 g/mol. The van der Waals surface area contributed by atoms with Gasteiger partial charge in [0.1, 0.15) is 28.7 Å². The van der Waals surface area contributed by atoms with Crippen LogP contribution in [0.3, 0.4) is 0 Å². The van der Waals surface area contributed by atoms with Crippen LogP contribution in [0.25, 0.3) is 6.08 Å². The first-order valence-corrected chi connectivity index (χ1v) is 12.6. The molecule has 0 saturated heterocycles. The molecule has 0 aromatic heterocycles. The Morgan fingerprint density at radius 3 is 2.03 bits per heavy atom. The fraction of sp³-hybridized carbons (Fsp3) is 0.192. The molecule has 0 bridgehead atoms. The van der Waals surface area contributed by atoms with Gasteiger partial charge in [0.25, 0.3) is 5.69 Å². The van der Waals surface area contributed by atoms with Crippen molar-refractivity contribution in [2.45, 2.75) is 5.75 Å². The Kier molecular flexibility index (Phi) is 8.86. The van der Waals surface area contributed by atoms with E-state index in [9.17, 15) is 18.5 Å². The van der Waals surface area contributed by atoms with Crippen LogP contribution in [0.15, 0.2) is 65.0 Å². The molecule has 0 spiro atoms. The van der Waals surface area contributed by atoms with E-state index in [1.807, 2.05) is 0 Å². The summed E-state index contributed by atoms with van der Waals surface area (Å²) >= 11 is 0. The minimum atomic E-state index is -3.69. The van der Waals surface area contributed by atoms with Crippen molar-refractivity contribution >= 4 is 33.5 Å². The highest BCUT2D eigenvalue weighted by Gasteiger charge is 2.15. The van der Waals surface area contributed by atoms with Crippen LogP contribution in [-0.2, 0) is 15.6 Å². The number of rotatable bonds is 11. The lowest BCUT2D eigenvalue weighted by atomic mass is 10.1. The fourth-order valence-corrected chi connectivity index (χ4v) is 4.49. The highest BCUT2D eigenvalue weighted by atomic mass is 32.2. The van der Waals surface area contributed by atoms with E-state index >= 15 is 0 Å². The first-order valence-electron chi connectivity index (χ1n) is 10.9. The predicted octanol–water partition coefficient (Wildman–Crippen LogP) is 4.97. The number of methoxy groups -OCH3 is 4. The number of nitro groups is 1. The molecule has 0 aliphatic carbocycles. The summed E-state index contributed by atoms with van der Waals surface area (Å²) in [4.78, 5) is 14.7. The molecule has 11 heteroatoms. The van der Waals surface area contributed by atoms with Gasteiger partial charge < -0.3 is 18.9 Å². The van der Waals surface area contributed by atoms with Gasteiger partial charge in [0.05, 0.1) is 44.7 Å². The number of nitro benzene ring substituents is 1. The molecule has 3 aromatic carbocycles. The largest absolute Gasteiger partial charge is 0.496 e. The van der Waals surface area contributed by atoms with Gasteiger partial charge >= 0.3 is 0 Å². The van der Waals surface area contributed by atoms with E-state index in [1.54, 1.807) is 42.5 Å². The van der Waals surface area contributed by atoms with Crippen molar-refractivity contribution in [3.63, 3.8) is 0 Å². The van der Waals surface area contributed by atoms with Gasteiger partial charge in [-0.1, -0.05) is 6.07 Å². The number of benzene rings is 3. The SMILES string of the molecule is COc1cc(OC)c(/C=C/S(=O)(=O)Cc2ccc(OC)c(/N=C\c3ccc([N+](=O)[O-])cc3)c2)c(OC)c1. The third-order valence-corrected chi connectivity index (χ3v) is 6.55. The van der Waals surface area contributed by atoms with Crippen molar-refractivity contribution < 1.29 is 32.3 Å². The Labute approximate surface area is 214 Å². The molecule has 194 valence electrons. The van der Waals surface area contributed by atoms with Crippen molar-refractivity contribution in [1.82, 2.24) is 0 Å². The molecule has 0 radical (unpaired) electrons. The molecule has 0 atom stereocenters. The first kappa shape index (κ1) is 27.2. The van der Waals surface area contributed by atoms with E-state index in [1.165, 1.54) is 52.9 Å². The zero-order valence-corrected chi connectivity index (χ0v) is 21.5. The van der Waals surface area contributed by atoms with Gasteiger partial charge in [-0.3, -0.25) is 15.1 Å². The number of ether oxygens (including phenoxy) is 4. The Bertz CT molecular complexity index is 1410. The summed E-state index contributed by atoms with van der Waals surface area (Å²) in [6.07, 6.45) is 2.94. The van der Waals surface area contributed by atoms with E-state index in [0.29, 0.717) is 45.4 Å². The lowest BCUT2D eigenvalue weighted by Crippen LogP contribution is -2.01. The number of hydrogen-bond acceptors (Lipinski definition) is 9. The van der Waals surface area contributed by atoms with Crippen molar-refractivity contribution in [3.8, 4) is 23.0 Å². The molecule has 0 fully saturated rings. The molecule has 0 unspecified atom stereocenters. The third-order valence-electron chi connectivity index (χ3n) is 5.26. The maximum atomic E-state index is 12.9. The van der Waals surface area contributed by atoms with Crippen LogP contribution >= 0.6 is 0 Å². The van der Waals surface area contributed by atoms with Crippen LogP contribution in [-0.4, -0.2) is 48.0 Å². The highest BCUT2D eigenvalue weighted by Crippen LogP contribution is 2.35. The first-order chi connectivity index (χ1) is 17.7.